The summed E-state index contributed by atoms with van der Waals surface area (Å²) in [7, 11) is -1.73. The van der Waals surface area contributed by atoms with E-state index in [1.807, 2.05) is 0 Å². The normalized spacial score (nSPS) is 10.5. The lowest BCUT2D eigenvalue weighted by Crippen LogP contribution is -2.30. The first-order chi connectivity index (χ1) is 6.24. The van der Waals surface area contributed by atoms with E-state index >= 15 is 0 Å². The zero-order chi connectivity index (χ0) is 10.2. The van der Waals surface area contributed by atoms with Crippen LogP contribution in [0.2, 0.25) is 12.1 Å². The predicted octanol–water partition coefficient (Wildman–Crippen LogP) is 3.38. The molecular formula is C12H20Si. The molecule has 1 heteroatoms. The van der Waals surface area contributed by atoms with Gasteiger partial charge in [-0.05, 0) is 12.1 Å². The van der Waals surface area contributed by atoms with Crippen molar-refractivity contribution < 1.29 is 0 Å². The second kappa shape index (κ2) is 6.81. The summed E-state index contributed by atoms with van der Waals surface area (Å²) in [4.78, 5) is 0. The van der Waals surface area contributed by atoms with Crippen molar-refractivity contribution in [3.63, 3.8) is 0 Å². The lowest BCUT2D eigenvalue weighted by molar-refractivity contribution is 0.840. The second-order valence-corrected chi connectivity index (χ2v) is 7.32. The third kappa shape index (κ3) is 4.20. The maximum atomic E-state index is 5.57. The summed E-state index contributed by atoms with van der Waals surface area (Å²) < 4.78 is 0. The molecule has 72 valence electrons. The van der Waals surface area contributed by atoms with Crippen molar-refractivity contribution in [2.45, 2.75) is 51.6 Å². The van der Waals surface area contributed by atoms with Crippen LogP contribution in [-0.4, -0.2) is 8.07 Å². The number of terminal acetylenes is 2. The van der Waals surface area contributed by atoms with Crippen LogP contribution in [-0.2, 0) is 0 Å². The maximum Gasteiger partial charge on any atom is 0.216 e. The van der Waals surface area contributed by atoms with Crippen molar-refractivity contribution in [2.24, 2.45) is 0 Å². The Bertz CT molecular complexity index is 180. The molecular weight excluding hydrogens is 172 g/mol. The van der Waals surface area contributed by atoms with Gasteiger partial charge in [0.25, 0.3) is 0 Å². The van der Waals surface area contributed by atoms with Crippen molar-refractivity contribution in [3.8, 4) is 23.9 Å². The summed E-state index contributed by atoms with van der Waals surface area (Å²) in [5, 5.41) is 0. The lowest BCUT2D eigenvalue weighted by Gasteiger charge is -2.18. The van der Waals surface area contributed by atoms with E-state index in [2.05, 4.69) is 24.9 Å². The molecule has 0 heterocycles. The molecule has 0 saturated carbocycles. The molecule has 0 N–H and O–H groups in total. The number of hydrogen-bond acceptors (Lipinski definition) is 0. The van der Waals surface area contributed by atoms with Crippen LogP contribution in [0.5, 0.6) is 0 Å². The Kier molecular flexibility index (Phi) is 6.46. The van der Waals surface area contributed by atoms with E-state index in [9.17, 15) is 0 Å². The molecule has 0 aromatic heterocycles. The van der Waals surface area contributed by atoms with E-state index in [1.165, 1.54) is 25.7 Å². The Balaban J connectivity index is 4.18. The van der Waals surface area contributed by atoms with Gasteiger partial charge in [0.15, 0.2) is 0 Å². The molecule has 0 spiro atoms. The molecule has 0 radical (unpaired) electrons. The molecule has 0 rings (SSSR count). The van der Waals surface area contributed by atoms with Gasteiger partial charge in [0, 0.05) is 0 Å². The van der Waals surface area contributed by atoms with Gasteiger partial charge >= 0.3 is 0 Å². The highest BCUT2D eigenvalue weighted by Crippen LogP contribution is 2.20. The van der Waals surface area contributed by atoms with Gasteiger partial charge in [-0.15, -0.1) is 23.9 Å². The minimum atomic E-state index is -1.73. The Morgan fingerprint density at radius 3 is 1.54 bits per heavy atom. The molecule has 0 aliphatic heterocycles. The Labute approximate surface area is 84.1 Å². The van der Waals surface area contributed by atoms with Gasteiger partial charge in [-0.25, -0.2) is 0 Å². The smallest absolute Gasteiger partial charge is 0.126 e. The van der Waals surface area contributed by atoms with Gasteiger partial charge in [-0.2, -0.15) is 0 Å². The van der Waals surface area contributed by atoms with Crippen LogP contribution in [0, 0.1) is 23.9 Å². The third-order valence-electron chi connectivity index (χ3n) is 2.47. The van der Waals surface area contributed by atoms with E-state index in [-0.39, 0.29) is 0 Å². The van der Waals surface area contributed by atoms with E-state index in [0.29, 0.717) is 0 Å². The first-order valence-electron chi connectivity index (χ1n) is 5.20. The minimum absolute atomic E-state index is 1.12. The summed E-state index contributed by atoms with van der Waals surface area (Å²) in [6.07, 6.45) is 15.9. The van der Waals surface area contributed by atoms with Crippen molar-refractivity contribution in [3.05, 3.63) is 0 Å². The molecule has 0 aliphatic rings. The second-order valence-electron chi connectivity index (χ2n) is 3.58. The van der Waals surface area contributed by atoms with Gasteiger partial charge in [0.2, 0.25) is 8.07 Å². The topological polar surface area (TPSA) is 0 Å². The standard InChI is InChI=1S/C12H20Si/c1-5-9-11-13(7-3,8-4)12-10-6-2/h3-4H,5-6,9-12H2,1-2H3. The van der Waals surface area contributed by atoms with Crippen LogP contribution in [0.25, 0.3) is 0 Å². The van der Waals surface area contributed by atoms with Crippen LogP contribution in [0.4, 0.5) is 0 Å². The van der Waals surface area contributed by atoms with Crippen molar-refractivity contribution in [1.29, 1.82) is 0 Å². The molecule has 0 atom stereocenters. The van der Waals surface area contributed by atoms with Crippen molar-refractivity contribution >= 4 is 8.07 Å². The monoisotopic (exact) mass is 192 g/mol. The quantitative estimate of drug-likeness (QED) is 0.447. The average Bonchev–Trinajstić information content (AvgIpc) is 2.20. The number of rotatable bonds is 6. The fourth-order valence-electron chi connectivity index (χ4n) is 1.41. The fraction of sp³-hybridized carbons (Fsp3) is 0.667. The van der Waals surface area contributed by atoms with Crippen LogP contribution in [0.1, 0.15) is 39.5 Å². The molecule has 0 aromatic carbocycles. The molecule has 0 unspecified atom stereocenters. The summed E-state index contributed by atoms with van der Waals surface area (Å²) in [6.45, 7) is 4.37. The zero-order valence-corrected chi connectivity index (χ0v) is 9.90. The molecule has 0 bridgehead atoms. The van der Waals surface area contributed by atoms with E-state index < -0.39 is 8.07 Å². The molecule has 13 heavy (non-hydrogen) atoms. The molecule has 0 nitrogen and oxygen atoms in total. The first-order valence-corrected chi connectivity index (χ1v) is 7.61. The van der Waals surface area contributed by atoms with Gasteiger partial charge in [0.05, 0.1) is 0 Å². The van der Waals surface area contributed by atoms with Gasteiger partial charge in [0.1, 0.15) is 0 Å². The van der Waals surface area contributed by atoms with Crippen LogP contribution in [0.15, 0.2) is 0 Å². The highest BCUT2D eigenvalue weighted by Gasteiger charge is 2.27. The Morgan fingerprint density at radius 1 is 0.923 bits per heavy atom. The number of hydrogen-bond donors (Lipinski definition) is 0. The van der Waals surface area contributed by atoms with E-state index in [0.717, 1.165) is 12.1 Å². The first kappa shape index (κ1) is 12.3. The summed E-state index contributed by atoms with van der Waals surface area (Å²) >= 11 is 0. The predicted molar refractivity (Wildman–Crippen MR) is 62.9 cm³/mol. The lowest BCUT2D eigenvalue weighted by atomic mass is 10.4. The maximum absolute atomic E-state index is 5.57. The SMILES string of the molecule is C#C[Si](C#C)(CCCC)CCCC. The van der Waals surface area contributed by atoms with Crippen LogP contribution in [0.3, 0.4) is 0 Å². The van der Waals surface area contributed by atoms with Crippen LogP contribution >= 0.6 is 0 Å². The third-order valence-corrected chi connectivity index (χ3v) is 5.99. The van der Waals surface area contributed by atoms with Crippen molar-refractivity contribution in [1.82, 2.24) is 0 Å². The Hall–Kier alpha value is -0.663. The number of unbranched alkanes of at least 4 members (excludes halogenated alkanes) is 2. The summed E-state index contributed by atoms with van der Waals surface area (Å²) in [5.74, 6) is 0. The highest BCUT2D eigenvalue weighted by atomic mass is 28.3. The zero-order valence-electron chi connectivity index (χ0n) is 8.90. The Morgan fingerprint density at radius 2 is 1.31 bits per heavy atom. The van der Waals surface area contributed by atoms with Crippen LogP contribution < -0.4 is 0 Å². The van der Waals surface area contributed by atoms with Gasteiger partial charge in [-0.1, -0.05) is 39.5 Å². The summed E-state index contributed by atoms with van der Waals surface area (Å²) in [5.41, 5.74) is 5.88. The highest BCUT2D eigenvalue weighted by molar-refractivity contribution is 6.94. The van der Waals surface area contributed by atoms with Crippen molar-refractivity contribution in [2.75, 3.05) is 0 Å². The van der Waals surface area contributed by atoms with E-state index in [4.69, 9.17) is 12.8 Å². The average molecular weight is 192 g/mol. The van der Waals surface area contributed by atoms with Gasteiger partial charge in [-0.3, -0.25) is 0 Å². The fourth-order valence-corrected chi connectivity index (χ4v) is 4.24. The molecule has 0 saturated heterocycles. The van der Waals surface area contributed by atoms with E-state index in [1.54, 1.807) is 0 Å². The molecule has 0 fully saturated rings. The molecule has 0 aromatic rings. The summed E-state index contributed by atoms with van der Waals surface area (Å²) in [6, 6.07) is 2.24. The molecule has 0 aliphatic carbocycles. The minimum Gasteiger partial charge on any atom is -0.126 e. The largest absolute Gasteiger partial charge is 0.216 e. The van der Waals surface area contributed by atoms with Gasteiger partial charge < -0.3 is 0 Å². The molecule has 0 amide bonds.